The van der Waals surface area contributed by atoms with Crippen LogP contribution in [0.5, 0.6) is 5.75 Å². The summed E-state index contributed by atoms with van der Waals surface area (Å²) in [5, 5.41) is 13.6. The Kier molecular flexibility index (Phi) is 7.34. The second-order valence-corrected chi connectivity index (χ2v) is 8.40. The second-order valence-electron chi connectivity index (χ2n) is 7.46. The van der Waals surface area contributed by atoms with E-state index in [1.54, 1.807) is 19.5 Å². The minimum absolute atomic E-state index is 0.134. The van der Waals surface area contributed by atoms with Crippen LogP contribution in [-0.2, 0) is 4.79 Å². The van der Waals surface area contributed by atoms with Gasteiger partial charge in [0.15, 0.2) is 11.0 Å². The van der Waals surface area contributed by atoms with Gasteiger partial charge in [-0.2, -0.15) is 5.10 Å². The van der Waals surface area contributed by atoms with Crippen LogP contribution >= 0.6 is 11.8 Å². The number of hydrazone groups is 1. The van der Waals surface area contributed by atoms with Crippen molar-refractivity contribution in [3.05, 3.63) is 84.2 Å². The first-order valence-electron chi connectivity index (χ1n) is 10.6. The largest absolute Gasteiger partial charge is 0.497 e. The van der Waals surface area contributed by atoms with E-state index in [-0.39, 0.29) is 11.7 Å². The molecule has 0 aliphatic heterocycles. The lowest BCUT2D eigenvalue weighted by Gasteiger charge is -2.11. The lowest BCUT2D eigenvalue weighted by atomic mass is 10.1. The van der Waals surface area contributed by atoms with Gasteiger partial charge in [-0.25, -0.2) is 5.43 Å². The van der Waals surface area contributed by atoms with Crippen LogP contribution in [0.1, 0.15) is 18.1 Å². The first-order chi connectivity index (χ1) is 16.5. The first-order valence-corrected chi connectivity index (χ1v) is 11.6. The van der Waals surface area contributed by atoms with E-state index in [1.165, 1.54) is 11.8 Å². The number of aromatic nitrogens is 4. The minimum atomic E-state index is -0.237. The number of benzene rings is 2. The molecule has 172 valence electrons. The van der Waals surface area contributed by atoms with Gasteiger partial charge < -0.3 is 4.74 Å². The number of carbonyl (C=O) groups excluding carboxylic acids is 1. The number of aryl methyl sites for hydroxylation is 1. The number of nitrogens with one attached hydrogen (secondary N) is 1. The Hall–Kier alpha value is -3.98. The summed E-state index contributed by atoms with van der Waals surface area (Å²) in [5.41, 5.74) is 7.16. The van der Waals surface area contributed by atoms with Crippen LogP contribution < -0.4 is 10.2 Å². The maximum absolute atomic E-state index is 12.5. The highest BCUT2D eigenvalue weighted by molar-refractivity contribution is 7.99. The summed E-state index contributed by atoms with van der Waals surface area (Å²) in [4.78, 5) is 16.5. The van der Waals surface area contributed by atoms with Crippen molar-refractivity contribution < 1.29 is 9.53 Å². The van der Waals surface area contributed by atoms with Gasteiger partial charge in [0.1, 0.15) is 5.75 Å². The highest BCUT2D eigenvalue weighted by Crippen LogP contribution is 2.29. The fraction of sp³-hybridized carbons (Fsp3) is 0.160. The normalized spacial score (nSPS) is 11.3. The molecule has 4 rings (SSSR count). The van der Waals surface area contributed by atoms with Crippen molar-refractivity contribution in [1.82, 2.24) is 25.2 Å². The highest BCUT2D eigenvalue weighted by atomic mass is 32.2. The SMILES string of the molecule is COc1ccc(-n2c(SCC(=O)N/N=C(\C)c3ccncc3)nnc2-c2ccc(C)cc2)cc1. The van der Waals surface area contributed by atoms with Gasteiger partial charge in [0, 0.05) is 29.2 Å². The van der Waals surface area contributed by atoms with Crippen LogP contribution in [0.4, 0.5) is 0 Å². The minimum Gasteiger partial charge on any atom is -0.497 e. The Morgan fingerprint density at radius 3 is 2.41 bits per heavy atom. The smallest absolute Gasteiger partial charge is 0.250 e. The maximum Gasteiger partial charge on any atom is 0.250 e. The molecule has 34 heavy (non-hydrogen) atoms. The maximum atomic E-state index is 12.5. The summed E-state index contributed by atoms with van der Waals surface area (Å²) < 4.78 is 7.23. The Morgan fingerprint density at radius 1 is 1.03 bits per heavy atom. The van der Waals surface area contributed by atoms with Crippen LogP contribution in [0, 0.1) is 6.92 Å². The van der Waals surface area contributed by atoms with Crippen molar-refractivity contribution in [1.29, 1.82) is 0 Å². The van der Waals surface area contributed by atoms with Gasteiger partial charge in [0.05, 0.1) is 18.6 Å². The Morgan fingerprint density at radius 2 is 1.74 bits per heavy atom. The van der Waals surface area contributed by atoms with Gasteiger partial charge in [0.25, 0.3) is 5.91 Å². The number of carbonyl (C=O) groups is 1. The number of hydrogen-bond acceptors (Lipinski definition) is 7. The van der Waals surface area contributed by atoms with E-state index in [0.29, 0.717) is 16.7 Å². The molecule has 0 saturated heterocycles. The standard InChI is InChI=1S/C25H24N6O2S/c1-17-4-6-20(7-5-17)24-29-30-25(31(24)21-8-10-22(33-3)11-9-21)34-16-23(32)28-27-18(2)19-12-14-26-15-13-19/h4-15H,16H2,1-3H3,(H,28,32)/b27-18+. The zero-order valence-corrected chi connectivity index (χ0v) is 19.9. The molecular weight excluding hydrogens is 448 g/mol. The third kappa shape index (κ3) is 5.49. The Balaban J connectivity index is 1.55. The van der Waals surface area contributed by atoms with Crippen LogP contribution in [-0.4, -0.2) is 44.2 Å². The number of amides is 1. The van der Waals surface area contributed by atoms with Gasteiger partial charge in [-0.1, -0.05) is 41.6 Å². The van der Waals surface area contributed by atoms with Gasteiger partial charge in [-0.15, -0.1) is 10.2 Å². The van der Waals surface area contributed by atoms with Gasteiger partial charge in [-0.05, 0) is 50.2 Å². The van der Waals surface area contributed by atoms with E-state index in [2.05, 4.69) is 25.7 Å². The Labute approximate surface area is 202 Å². The average molecular weight is 473 g/mol. The molecule has 1 amide bonds. The van der Waals surface area contributed by atoms with Gasteiger partial charge in [0.2, 0.25) is 0 Å². The number of pyridine rings is 1. The van der Waals surface area contributed by atoms with E-state index in [4.69, 9.17) is 4.74 Å². The monoisotopic (exact) mass is 472 g/mol. The molecule has 1 N–H and O–H groups in total. The molecule has 8 nitrogen and oxygen atoms in total. The van der Waals surface area contributed by atoms with Crippen molar-refractivity contribution in [2.24, 2.45) is 5.10 Å². The molecule has 0 bridgehead atoms. The zero-order chi connectivity index (χ0) is 23.9. The lowest BCUT2D eigenvalue weighted by Crippen LogP contribution is -2.21. The highest BCUT2D eigenvalue weighted by Gasteiger charge is 2.17. The zero-order valence-electron chi connectivity index (χ0n) is 19.1. The molecule has 2 aromatic carbocycles. The fourth-order valence-electron chi connectivity index (χ4n) is 3.18. The van der Waals surface area contributed by atoms with E-state index in [0.717, 1.165) is 28.1 Å². The molecule has 2 aromatic heterocycles. The molecule has 0 aliphatic carbocycles. The number of methoxy groups -OCH3 is 1. The van der Waals surface area contributed by atoms with E-state index >= 15 is 0 Å². The predicted molar refractivity (Wildman–Crippen MR) is 133 cm³/mol. The van der Waals surface area contributed by atoms with Crippen molar-refractivity contribution in [2.45, 2.75) is 19.0 Å². The van der Waals surface area contributed by atoms with Crippen LogP contribution in [0.2, 0.25) is 0 Å². The van der Waals surface area contributed by atoms with Crippen LogP contribution in [0.15, 0.2) is 83.3 Å². The summed E-state index contributed by atoms with van der Waals surface area (Å²) in [6.45, 7) is 3.87. The molecule has 0 atom stereocenters. The fourth-order valence-corrected chi connectivity index (χ4v) is 3.93. The molecule has 4 aromatic rings. The number of thioether (sulfide) groups is 1. The molecule has 0 aliphatic rings. The van der Waals surface area contributed by atoms with Gasteiger partial charge >= 0.3 is 0 Å². The number of ether oxygens (including phenoxy) is 1. The van der Waals surface area contributed by atoms with Crippen LogP contribution in [0.3, 0.4) is 0 Å². The molecule has 0 spiro atoms. The second kappa shape index (κ2) is 10.8. The summed E-state index contributed by atoms with van der Waals surface area (Å²) in [6.07, 6.45) is 3.37. The molecule has 9 heteroatoms. The van der Waals surface area contributed by atoms with Gasteiger partial charge in [-0.3, -0.25) is 14.3 Å². The van der Waals surface area contributed by atoms with E-state index in [1.807, 2.05) is 79.1 Å². The number of hydrogen-bond donors (Lipinski definition) is 1. The lowest BCUT2D eigenvalue weighted by molar-refractivity contribution is -0.118. The quantitative estimate of drug-likeness (QED) is 0.234. The van der Waals surface area contributed by atoms with Crippen LogP contribution in [0.25, 0.3) is 17.1 Å². The summed E-state index contributed by atoms with van der Waals surface area (Å²) in [5.74, 6) is 1.35. The molecule has 0 saturated carbocycles. The molecular formula is C25H24N6O2S. The average Bonchev–Trinajstić information content (AvgIpc) is 3.31. The summed E-state index contributed by atoms with van der Waals surface area (Å²) in [6, 6.07) is 19.4. The Bertz CT molecular complexity index is 1290. The van der Waals surface area contributed by atoms with Crippen molar-refractivity contribution in [3.63, 3.8) is 0 Å². The topological polar surface area (TPSA) is 94.3 Å². The third-order valence-corrected chi connectivity index (χ3v) is 5.98. The van der Waals surface area contributed by atoms with Crippen molar-refractivity contribution >= 4 is 23.4 Å². The third-order valence-electron chi connectivity index (χ3n) is 5.05. The number of nitrogens with zero attached hydrogens (tertiary/aromatic N) is 5. The van der Waals surface area contributed by atoms with Crippen molar-refractivity contribution in [3.8, 4) is 22.8 Å². The first kappa shape index (κ1) is 23.2. The van der Waals surface area contributed by atoms with E-state index in [9.17, 15) is 4.79 Å². The number of rotatable bonds is 8. The summed E-state index contributed by atoms with van der Waals surface area (Å²) >= 11 is 1.29. The molecule has 0 fully saturated rings. The summed E-state index contributed by atoms with van der Waals surface area (Å²) in [7, 11) is 1.63. The van der Waals surface area contributed by atoms with E-state index < -0.39 is 0 Å². The molecule has 0 radical (unpaired) electrons. The molecule has 0 unspecified atom stereocenters. The molecule has 2 heterocycles. The predicted octanol–water partition coefficient (Wildman–Crippen LogP) is 4.28. The van der Waals surface area contributed by atoms with Crippen molar-refractivity contribution in [2.75, 3.05) is 12.9 Å².